The van der Waals surface area contributed by atoms with Crippen molar-refractivity contribution in [1.29, 1.82) is 0 Å². The molecule has 0 saturated heterocycles. The molecule has 2 atom stereocenters. The van der Waals surface area contributed by atoms with Gasteiger partial charge in [0.1, 0.15) is 5.56 Å². The van der Waals surface area contributed by atoms with Gasteiger partial charge in [0.15, 0.2) is 23.3 Å². The minimum atomic E-state index is -2.29. The zero-order valence-corrected chi connectivity index (χ0v) is 12.1. The van der Waals surface area contributed by atoms with Crippen LogP contribution >= 0.6 is 15.9 Å². The number of alkyl halides is 1. The molecule has 20 heavy (non-hydrogen) atoms. The molecule has 0 aliphatic carbocycles. The first-order chi connectivity index (χ1) is 9.22. The highest BCUT2D eigenvalue weighted by Gasteiger charge is 2.30. The van der Waals surface area contributed by atoms with Gasteiger partial charge in [0, 0.05) is 11.4 Å². The van der Waals surface area contributed by atoms with Gasteiger partial charge in [-0.25, -0.2) is 22.0 Å². The fraction of sp³-hybridized carbons (Fsp3) is 0.417. The average Bonchev–Trinajstić information content (AvgIpc) is 2.42. The van der Waals surface area contributed by atoms with Crippen LogP contribution in [0.5, 0.6) is 0 Å². The largest absolute Gasteiger partial charge is 0.349 e. The van der Waals surface area contributed by atoms with Gasteiger partial charge in [-0.15, -0.1) is 0 Å². The molecule has 112 valence electrons. The Morgan fingerprint density at radius 2 is 1.40 bits per heavy atom. The van der Waals surface area contributed by atoms with Crippen LogP contribution in [0.25, 0.3) is 0 Å². The number of halogens is 6. The third kappa shape index (κ3) is 3.11. The average molecular weight is 360 g/mol. The molecule has 0 spiro atoms. The van der Waals surface area contributed by atoms with E-state index in [4.69, 9.17) is 0 Å². The van der Waals surface area contributed by atoms with E-state index in [9.17, 15) is 26.7 Å². The summed E-state index contributed by atoms with van der Waals surface area (Å²) >= 11 is 3.15. The lowest BCUT2D eigenvalue weighted by Crippen LogP contribution is -2.38. The van der Waals surface area contributed by atoms with Gasteiger partial charge in [0.2, 0.25) is 5.82 Å². The Hall–Kier alpha value is -1.18. The van der Waals surface area contributed by atoms with E-state index in [1.807, 2.05) is 0 Å². The third-order valence-corrected chi connectivity index (χ3v) is 3.91. The maximum Gasteiger partial charge on any atom is 0.257 e. The van der Waals surface area contributed by atoms with E-state index in [2.05, 4.69) is 21.2 Å². The van der Waals surface area contributed by atoms with Gasteiger partial charge in [-0.3, -0.25) is 4.79 Å². The molecule has 1 aromatic rings. The summed E-state index contributed by atoms with van der Waals surface area (Å²) in [5, 5.41) is 2.69. The van der Waals surface area contributed by atoms with E-state index in [0.717, 1.165) is 0 Å². The predicted molar refractivity (Wildman–Crippen MR) is 66.1 cm³/mol. The van der Waals surface area contributed by atoms with Crippen molar-refractivity contribution in [2.24, 2.45) is 5.92 Å². The Balaban J connectivity index is 3.18. The summed E-state index contributed by atoms with van der Waals surface area (Å²) in [6.45, 7) is 3.29. The van der Waals surface area contributed by atoms with Crippen molar-refractivity contribution >= 4 is 21.8 Å². The van der Waals surface area contributed by atoms with Crippen molar-refractivity contribution in [2.75, 3.05) is 5.33 Å². The molecule has 0 aliphatic heterocycles. The molecule has 8 heteroatoms. The van der Waals surface area contributed by atoms with Crippen LogP contribution in [0, 0.1) is 35.0 Å². The lowest BCUT2D eigenvalue weighted by molar-refractivity contribution is 0.0919. The number of carbonyl (C=O) groups excluding carboxylic acids is 1. The number of rotatable bonds is 4. The Kier molecular flexibility index (Phi) is 5.50. The Morgan fingerprint density at radius 3 is 1.80 bits per heavy atom. The normalized spacial score (nSPS) is 14.0. The smallest absolute Gasteiger partial charge is 0.257 e. The molecule has 0 bridgehead atoms. The molecular formula is C12H11BrF5NO. The van der Waals surface area contributed by atoms with Crippen molar-refractivity contribution in [2.45, 2.75) is 19.9 Å². The van der Waals surface area contributed by atoms with E-state index >= 15 is 0 Å². The summed E-state index contributed by atoms with van der Waals surface area (Å²) in [6, 6.07) is -0.517. The van der Waals surface area contributed by atoms with E-state index in [-0.39, 0.29) is 5.92 Å². The maximum absolute atomic E-state index is 13.4. The standard InChI is InChI=1S/C12H11BrF5NO/c1-4(3-13)5(2)19-12(20)6-7(14)9(16)11(18)10(17)8(6)15/h4-5H,3H2,1-2H3,(H,19,20). The molecule has 0 heterocycles. The molecule has 1 N–H and O–H groups in total. The quantitative estimate of drug-likeness (QED) is 0.379. The Bertz CT molecular complexity index is 508. The topological polar surface area (TPSA) is 29.1 Å². The molecule has 1 amide bonds. The van der Waals surface area contributed by atoms with Crippen LogP contribution in [0.3, 0.4) is 0 Å². The zero-order valence-electron chi connectivity index (χ0n) is 10.5. The van der Waals surface area contributed by atoms with Crippen molar-refractivity contribution in [3.63, 3.8) is 0 Å². The Labute approximate surface area is 120 Å². The van der Waals surface area contributed by atoms with Crippen molar-refractivity contribution in [3.8, 4) is 0 Å². The van der Waals surface area contributed by atoms with Crippen LogP contribution in [0.1, 0.15) is 24.2 Å². The lowest BCUT2D eigenvalue weighted by atomic mass is 10.1. The summed E-state index contributed by atoms with van der Waals surface area (Å²) in [4.78, 5) is 11.7. The van der Waals surface area contributed by atoms with Gasteiger partial charge in [0.05, 0.1) is 0 Å². The van der Waals surface area contributed by atoms with Crippen LogP contribution < -0.4 is 5.32 Å². The number of nitrogens with one attached hydrogen (secondary N) is 1. The molecule has 0 aromatic heterocycles. The maximum atomic E-state index is 13.4. The first-order valence-electron chi connectivity index (χ1n) is 5.60. The van der Waals surface area contributed by atoms with E-state index in [1.54, 1.807) is 13.8 Å². The molecule has 1 aromatic carbocycles. The van der Waals surface area contributed by atoms with E-state index in [0.29, 0.717) is 5.33 Å². The number of carbonyl (C=O) groups is 1. The number of hydrogen-bond acceptors (Lipinski definition) is 1. The second-order valence-electron chi connectivity index (χ2n) is 4.34. The minimum absolute atomic E-state index is 0.0970. The first kappa shape index (κ1) is 16.9. The van der Waals surface area contributed by atoms with Crippen molar-refractivity contribution in [1.82, 2.24) is 5.32 Å². The molecular weight excluding hydrogens is 349 g/mol. The lowest BCUT2D eigenvalue weighted by Gasteiger charge is -2.19. The fourth-order valence-corrected chi connectivity index (χ4v) is 1.92. The van der Waals surface area contributed by atoms with Crippen LogP contribution in [-0.2, 0) is 0 Å². The van der Waals surface area contributed by atoms with Crippen LogP contribution in [0.4, 0.5) is 22.0 Å². The number of amides is 1. The summed E-state index contributed by atoms with van der Waals surface area (Å²) < 4.78 is 65.6. The molecule has 2 unspecified atom stereocenters. The molecule has 0 saturated carbocycles. The molecule has 0 radical (unpaired) electrons. The highest BCUT2D eigenvalue weighted by molar-refractivity contribution is 9.09. The van der Waals surface area contributed by atoms with Gasteiger partial charge >= 0.3 is 0 Å². The van der Waals surface area contributed by atoms with Crippen LogP contribution in [0.2, 0.25) is 0 Å². The van der Waals surface area contributed by atoms with Gasteiger partial charge in [-0.2, -0.15) is 0 Å². The van der Waals surface area contributed by atoms with Gasteiger partial charge in [-0.1, -0.05) is 22.9 Å². The van der Waals surface area contributed by atoms with E-state index < -0.39 is 46.6 Å². The predicted octanol–water partition coefficient (Wildman–Crippen LogP) is 3.53. The molecule has 1 rings (SSSR count). The summed E-state index contributed by atoms with van der Waals surface area (Å²) in [7, 11) is 0. The SMILES string of the molecule is CC(CBr)C(C)NC(=O)c1c(F)c(F)c(F)c(F)c1F. The minimum Gasteiger partial charge on any atom is -0.349 e. The highest BCUT2D eigenvalue weighted by Crippen LogP contribution is 2.23. The highest BCUT2D eigenvalue weighted by atomic mass is 79.9. The second kappa shape index (κ2) is 6.51. The van der Waals surface area contributed by atoms with E-state index in [1.165, 1.54) is 0 Å². The monoisotopic (exact) mass is 359 g/mol. The summed E-state index contributed by atoms with van der Waals surface area (Å²) in [6.07, 6.45) is 0. The third-order valence-electron chi connectivity index (χ3n) is 2.89. The molecule has 0 fully saturated rings. The first-order valence-corrected chi connectivity index (χ1v) is 6.72. The number of hydrogen-bond donors (Lipinski definition) is 1. The second-order valence-corrected chi connectivity index (χ2v) is 4.99. The van der Waals surface area contributed by atoms with Crippen molar-refractivity contribution < 1.29 is 26.7 Å². The number of benzene rings is 1. The van der Waals surface area contributed by atoms with Crippen LogP contribution in [0.15, 0.2) is 0 Å². The van der Waals surface area contributed by atoms with Gasteiger partial charge in [0.25, 0.3) is 5.91 Å². The molecule has 2 nitrogen and oxygen atoms in total. The van der Waals surface area contributed by atoms with Gasteiger partial charge < -0.3 is 5.32 Å². The Morgan fingerprint density at radius 1 is 1.00 bits per heavy atom. The summed E-state index contributed by atoms with van der Waals surface area (Å²) in [5.41, 5.74) is -1.48. The fourth-order valence-electron chi connectivity index (χ4n) is 1.36. The molecule has 0 aliphatic rings. The van der Waals surface area contributed by atoms with Crippen LogP contribution in [-0.4, -0.2) is 17.3 Å². The van der Waals surface area contributed by atoms with Gasteiger partial charge in [-0.05, 0) is 12.8 Å². The summed E-state index contributed by atoms with van der Waals surface area (Å²) in [5.74, 6) is -12.3. The van der Waals surface area contributed by atoms with Crippen molar-refractivity contribution in [3.05, 3.63) is 34.6 Å². The zero-order chi connectivity index (χ0) is 15.6.